The molecule has 4 bridgehead atoms. The molecule has 5 heterocycles. The molecule has 1 aromatic carbocycles. The highest BCUT2D eigenvalue weighted by Crippen LogP contribution is 2.16. The Bertz CT molecular complexity index is 1320. The van der Waals surface area contributed by atoms with E-state index in [9.17, 15) is 9.59 Å². The van der Waals surface area contributed by atoms with Crippen LogP contribution in [0, 0.1) is 0 Å². The van der Waals surface area contributed by atoms with E-state index in [-0.39, 0.29) is 12.3 Å². The standard InChI is InChI=1S/C22H17N7O2/c30-18-5-2-6-23-12-15-3-1-4-16(11-15)24-13-17-19-20(27-22(17)31)25-14-26-21(19)29-9-7-28(18)8-10-29/h1-4,6-7,9,11-14H,5,8,10H2. The molecule has 9 nitrogen and oxygen atoms in total. The SMILES string of the molecule is O=C1N=c2ncnc3c2=C1C=Nc1cccc(c1)C=NC=CCC(=O)N1C=CN3CC1. The van der Waals surface area contributed by atoms with Gasteiger partial charge in [0.2, 0.25) is 5.91 Å². The number of carbonyl (C=O) groups is 2. The molecule has 6 rings (SSSR count). The number of amides is 2. The van der Waals surface area contributed by atoms with Gasteiger partial charge in [0.05, 0.1) is 16.5 Å². The number of aromatic nitrogens is 2. The van der Waals surface area contributed by atoms with Crippen molar-refractivity contribution in [2.24, 2.45) is 15.0 Å². The van der Waals surface area contributed by atoms with Crippen LogP contribution in [0.4, 0.5) is 11.5 Å². The molecule has 1 aromatic heterocycles. The van der Waals surface area contributed by atoms with Crippen LogP contribution in [0.2, 0.25) is 0 Å². The lowest BCUT2D eigenvalue weighted by Crippen LogP contribution is -2.42. The third-order valence-corrected chi connectivity index (χ3v) is 5.04. The van der Waals surface area contributed by atoms with E-state index >= 15 is 0 Å². The Morgan fingerprint density at radius 3 is 2.71 bits per heavy atom. The van der Waals surface area contributed by atoms with Gasteiger partial charge in [-0.2, -0.15) is 4.99 Å². The van der Waals surface area contributed by atoms with E-state index in [1.807, 2.05) is 29.2 Å². The molecule has 0 saturated heterocycles. The van der Waals surface area contributed by atoms with E-state index in [2.05, 4.69) is 24.9 Å². The molecule has 2 amide bonds. The van der Waals surface area contributed by atoms with Gasteiger partial charge < -0.3 is 9.80 Å². The fourth-order valence-corrected chi connectivity index (χ4v) is 3.49. The molecule has 0 saturated carbocycles. The van der Waals surface area contributed by atoms with Crippen LogP contribution < -0.4 is 15.6 Å². The number of aliphatic imine (C=N–C) groups is 2. The zero-order chi connectivity index (χ0) is 21.2. The van der Waals surface area contributed by atoms with Crippen molar-refractivity contribution in [3.05, 3.63) is 71.5 Å². The number of fused-ring (bicyclic) bond motifs is 4. The predicted molar refractivity (Wildman–Crippen MR) is 115 cm³/mol. The van der Waals surface area contributed by atoms with Crippen molar-refractivity contribution < 1.29 is 9.59 Å². The highest BCUT2D eigenvalue weighted by Gasteiger charge is 2.23. The number of nitrogens with zero attached hydrogens (tertiary/aromatic N) is 7. The first-order valence-corrected chi connectivity index (χ1v) is 9.74. The molecule has 152 valence electrons. The molecule has 31 heavy (non-hydrogen) atoms. The van der Waals surface area contributed by atoms with Gasteiger partial charge in [-0.3, -0.25) is 19.6 Å². The number of carbonyl (C=O) groups excluding carboxylic acids is 2. The largest absolute Gasteiger partial charge is 0.329 e. The topological polar surface area (TPSA) is 103 Å². The van der Waals surface area contributed by atoms with Crippen LogP contribution in [-0.2, 0) is 9.59 Å². The number of benzene rings is 1. The summed E-state index contributed by atoms with van der Waals surface area (Å²) in [5, 5.41) is 0.544. The van der Waals surface area contributed by atoms with Crippen LogP contribution in [0.3, 0.4) is 0 Å². The van der Waals surface area contributed by atoms with E-state index in [1.54, 1.807) is 35.8 Å². The van der Waals surface area contributed by atoms with Crippen molar-refractivity contribution in [2.45, 2.75) is 6.42 Å². The molecule has 0 fully saturated rings. The average Bonchev–Trinajstić information content (AvgIpc) is 3.12. The first-order chi connectivity index (χ1) is 15.2. The van der Waals surface area contributed by atoms with Gasteiger partial charge in [-0.05, 0) is 17.7 Å². The number of rotatable bonds is 0. The van der Waals surface area contributed by atoms with E-state index < -0.39 is 5.91 Å². The molecule has 0 radical (unpaired) electrons. The Hall–Kier alpha value is -4.27. The van der Waals surface area contributed by atoms with Crippen molar-refractivity contribution in [2.75, 3.05) is 18.0 Å². The Kier molecular flexibility index (Phi) is 4.75. The van der Waals surface area contributed by atoms with Crippen LogP contribution in [0.5, 0.6) is 0 Å². The molecule has 0 N–H and O–H groups in total. The van der Waals surface area contributed by atoms with Crippen LogP contribution in [0.15, 0.2) is 70.2 Å². The lowest BCUT2D eigenvalue weighted by molar-refractivity contribution is -0.127. The van der Waals surface area contributed by atoms with Crippen LogP contribution in [0.25, 0.3) is 5.57 Å². The summed E-state index contributed by atoms with van der Waals surface area (Å²) in [6.07, 6.45) is 11.7. The van der Waals surface area contributed by atoms with Crippen molar-refractivity contribution >= 4 is 41.3 Å². The predicted octanol–water partition coefficient (Wildman–Crippen LogP) is 0.646. The van der Waals surface area contributed by atoms with Gasteiger partial charge >= 0.3 is 0 Å². The molecular weight excluding hydrogens is 394 g/mol. The summed E-state index contributed by atoms with van der Waals surface area (Å²) < 4.78 is 0. The van der Waals surface area contributed by atoms with Crippen LogP contribution >= 0.6 is 0 Å². The van der Waals surface area contributed by atoms with Gasteiger partial charge in [-0.25, -0.2) is 9.97 Å². The summed E-state index contributed by atoms with van der Waals surface area (Å²) >= 11 is 0. The monoisotopic (exact) mass is 411 g/mol. The molecule has 0 aliphatic carbocycles. The Morgan fingerprint density at radius 2 is 1.84 bits per heavy atom. The highest BCUT2D eigenvalue weighted by atomic mass is 16.2. The fraction of sp³-hybridized carbons (Fsp3) is 0.136. The fourth-order valence-electron chi connectivity index (χ4n) is 3.49. The molecule has 0 spiro atoms. The summed E-state index contributed by atoms with van der Waals surface area (Å²) in [5.41, 5.74) is 2.18. The van der Waals surface area contributed by atoms with Crippen molar-refractivity contribution in [1.29, 1.82) is 0 Å². The lowest BCUT2D eigenvalue weighted by atomic mass is 10.2. The van der Waals surface area contributed by atoms with Gasteiger partial charge in [-0.15, -0.1) is 0 Å². The zero-order valence-corrected chi connectivity index (χ0v) is 16.4. The number of hydrogen-bond donors (Lipinski definition) is 0. The van der Waals surface area contributed by atoms with Crippen LogP contribution in [-0.4, -0.2) is 52.2 Å². The van der Waals surface area contributed by atoms with E-state index in [0.29, 0.717) is 40.9 Å². The normalized spacial score (nSPS) is 17.6. The third kappa shape index (κ3) is 3.68. The van der Waals surface area contributed by atoms with E-state index in [4.69, 9.17) is 0 Å². The Labute approximate surface area is 177 Å². The van der Waals surface area contributed by atoms with Gasteiger partial charge in [0.15, 0.2) is 5.49 Å². The summed E-state index contributed by atoms with van der Waals surface area (Å²) in [6, 6.07) is 7.44. The van der Waals surface area contributed by atoms with E-state index in [1.165, 1.54) is 12.5 Å². The second-order valence-corrected chi connectivity index (χ2v) is 7.03. The number of anilines is 1. The smallest absolute Gasteiger partial charge is 0.281 e. The van der Waals surface area contributed by atoms with Crippen molar-refractivity contribution in [3.8, 4) is 0 Å². The summed E-state index contributed by atoms with van der Waals surface area (Å²) in [7, 11) is 0. The minimum Gasteiger partial charge on any atom is -0.329 e. The first kappa shape index (κ1) is 18.7. The number of hydrogen-bond acceptors (Lipinski definition) is 7. The minimum absolute atomic E-state index is 0.0251. The second kappa shape index (κ2) is 7.86. The zero-order valence-electron chi connectivity index (χ0n) is 16.4. The maximum atomic E-state index is 12.6. The Balaban J connectivity index is 1.67. The van der Waals surface area contributed by atoms with Crippen LogP contribution in [0.1, 0.15) is 12.0 Å². The van der Waals surface area contributed by atoms with Gasteiger partial charge in [0.25, 0.3) is 5.91 Å². The van der Waals surface area contributed by atoms with Gasteiger partial charge in [0, 0.05) is 50.5 Å². The van der Waals surface area contributed by atoms with E-state index in [0.717, 1.165) is 5.56 Å². The second-order valence-electron chi connectivity index (χ2n) is 7.03. The molecule has 9 heteroatoms. The lowest BCUT2D eigenvalue weighted by Gasteiger charge is -2.29. The first-order valence-electron chi connectivity index (χ1n) is 9.74. The third-order valence-electron chi connectivity index (χ3n) is 5.04. The Morgan fingerprint density at radius 1 is 0.968 bits per heavy atom. The van der Waals surface area contributed by atoms with Crippen molar-refractivity contribution in [1.82, 2.24) is 14.9 Å². The van der Waals surface area contributed by atoms with Crippen molar-refractivity contribution in [3.63, 3.8) is 0 Å². The minimum atomic E-state index is -0.407. The molecule has 4 aliphatic rings. The van der Waals surface area contributed by atoms with Gasteiger partial charge in [0.1, 0.15) is 12.1 Å². The molecule has 0 atom stereocenters. The van der Waals surface area contributed by atoms with Gasteiger partial charge in [-0.1, -0.05) is 18.2 Å². The summed E-state index contributed by atoms with van der Waals surface area (Å²) in [6.45, 7) is 1.01. The molecule has 2 aromatic rings. The summed E-state index contributed by atoms with van der Waals surface area (Å²) in [4.78, 5) is 49.9. The maximum absolute atomic E-state index is 12.6. The highest BCUT2D eigenvalue weighted by molar-refractivity contribution is 6.36. The maximum Gasteiger partial charge on any atom is 0.281 e. The molecule has 0 unspecified atom stereocenters. The average molecular weight is 411 g/mol. The quantitative estimate of drug-likeness (QED) is 0.633. The molecule has 4 aliphatic heterocycles. The molecular formula is C22H17N7O2. The summed E-state index contributed by atoms with van der Waals surface area (Å²) in [5.74, 6) is 0.129.